The zero-order valence-electron chi connectivity index (χ0n) is 12.9. The Morgan fingerprint density at radius 1 is 1.42 bits per heavy atom. The molecule has 0 fully saturated rings. The highest BCUT2D eigenvalue weighted by atomic mass is 19.4. The van der Waals surface area contributed by atoms with Crippen molar-refractivity contribution in [1.82, 2.24) is 10.4 Å². The van der Waals surface area contributed by atoms with Gasteiger partial charge in [-0.15, -0.1) is 0 Å². The molecule has 2 atom stereocenters. The summed E-state index contributed by atoms with van der Waals surface area (Å²) in [5.74, 6) is -5.33. The number of primary amides is 1. The van der Waals surface area contributed by atoms with Gasteiger partial charge in [-0.3, -0.25) is 4.79 Å². The van der Waals surface area contributed by atoms with Crippen LogP contribution < -0.4 is 11.2 Å². The molecule has 0 aromatic carbocycles. The molecular formula is C12H16F3N3O6. The second-order valence-electron chi connectivity index (χ2n) is 4.71. The Balaban J connectivity index is 3.64. The van der Waals surface area contributed by atoms with E-state index >= 15 is 0 Å². The number of allylic oxidation sites excluding steroid dienone is 1. The predicted molar refractivity (Wildman–Crippen MR) is 70.4 cm³/mol. The number of nitrogens with zero attached hydrogens (tertiary/aromatic N) is 1. The molecular weight excluding hydrogens is 339 g/mol. The summed E-state index contributed by atoms with van der Waals surface area (Å²) in [6.45, 7) is 1.99. The fourth-order valence-electron chi connectivity index (χ4n) is 2.37. The van der Waals surface area contributed by atoms with Gasteiger partial charge in [-0.1, -0.05) is 0 Å². The monoisotopic (exact) mass is 355 g/mol. The summed E-state index contributed by atoms with van der Waals surface area (Å²) in [5, 5.41) is 10.2. The fraction of sp³-hybridized carbons (Fsp3) is 0.583. The lowest BCUT2D eigenvalue weighted by atomic mass is 9.90. The maximum absolute atomic E-state index is 13.5. The highest BCUT2D eigenvalue weighted by Crippen LogP contribution is 2.49. The number of urea groups is 1. The highest BCUT2D eigenvalue weighted by Gasteiger charge is 2.71. The number of nitrogens with two attached hydrogens (primary N) is 1. The van der Waals surface area contributed by atoms with Crippen LogP contribution in [0.4, 0.5) is 18.0 Å². The van der Waals surface area contributed by atoms with Gasteiger partial charge >= 0.3 is 24.1 Å². The van der Waals surface area contributed by atoms with Crippen LogP contribution in [0.3, 0.4) is 0 Å². The van der Waals surface area contributed by atoms with Gasteiger partial charge in [0.1, 0.15) is 5.92 Å². The van der Waals surface area contributed by atoms with Crippen LogP contribution in [0.15, 0.2) is 11.3 Å². The van der Waals surface area contributed by atoms with Crippen molar-refractivity contribution in [1.29, 1.82) is 0 Å². The number of amides is 2. The Morgan fingerprint density at radius 3 is 2.33 bits per heavy atom. The van der Waals surface area contributed by atoms with Crippen molar-refractivity contribution in [2.24, 2.45) is 11.7 Å². The summed E-state index contributed by atoms with van der Waals surface area (Å²) in [6.07, 6.45) is -5.47. The first kappa shape index (κ1) is 19.5. The van der Waals surface area contributed by atoms with Crippen molar-refractivity contribution >= 4 is 18.0 Å². The van der Waals surface area contributed by atoms with Crippen molar-refractivity contribution < 1.29 is 42.1 Å². The molecule has 0 saturated heterocycles. The van der Waals surface area contributed by atoms with Crippen LogP contribution >= 0.6 is 0 Å². The average molecular weight is 355 g/mol. The number of carbonyl (C=O) groups excluding carboxylic acids is 3. The molecule has 0 saturated carbocycles. The lowest BCUT2D eigenvalue weighted by molar-refractivity contribution is -0.322. The van der Waals surface area contributed by atoms with Crippen molar-refractivity contribution in [2.45, 2.75) is 25.7 Å². The van der Waals surface area contributed by atoms with Crippen LogP contribution in [0.1, 0.15) is 13.8 Å². The molecule has 1 aliphatic rings. The first-order valence-corrected chi connectivity index (χ1v) is 6.54. The minimum atomic E-state index is -5.47. The van der Waals surface area contributed by atoms with Gasteiger partial charge in [-0.25, -0.2) is 20.0 Å². The van der Waals surface area contributed by atoms with Gasteiger partial charge in [0.2, 0.25) is 0 Å². The summed E-state index contributed by atoms with van der Waals surface area (Å²) in [4.78, 5) is 34.9. The number of hydrogen-bond acceptors (Lipinski definition) is 7. The first-order chi connectivity index (χ1) is 10.9. The number of aliphatic hydroxyl groups is 1. The molecule has 1 heterocycles. The van der Waals surface area contributed by atoms with Crippen molar-refractivity contribution in [3.05, 3.63) is 11.3 Å². The largest absolute Gasteiger partial charge is 0.466 e. The minimum Gasteiger partial charge on any atom is -0.466 e. The van der Waals surface area contributed by atoms with Crippen molar-refractivity contribution in [3.63, 3.8) is 0 Å². The maximum Gasteiger partial charge on any atom is 0.439 e. The minimum absolute atomic E-state index is 0.0941. The zero-order chi connectivity index (χ0) is 18.9. The number of hydrazine groups is 1. The second kappa shape index (κ2) is 6.55. The number of halogens is 3. The lowest BCUT2D eigenvalue weighted by Gasteiger charge is -2.39. The molecule has 0 spiro atoms. The van der Waals surface area contributed by atoms with Crippen molar-refractivity contribution in [3.8, 4) is 0 Å². The van der Waals surface area contributed by atoms with E-state index < -0.39 is 47.1 Å². The summed E-state index contributed by atoms with van der Waals surface area (Å²) in [5.41, 5.74) is 0.991. The van der Waals surface area contributed by atoms with E-state index in [1.165, 1.54) is 6.92 Å². The predicted octanol–water partition coefficient (Wildman–Crippen LogP) is -0.238. The molecule has 2 amide bonds. The number of nitrogens with one attached hydrogen (secondary N) is 1. The number of methoxy groups -OCH3 is 1. The van der Waals surface area contributed by atoms with Gasteiger partial charge in [-0.2, -0.15) is 13.2 Å². The topological polar surface area (TPSA) is 131 Å². The molecule has 9 nitrogen and oxygen atoms in total. The molecule has 2 unspecified atom stereocenters. The third-order valence-corrected chi connectivity index (χ3v) is 3.32. The molecule has 12 heteroatoms. The normalized spacial score (nSPS) is 24.0. The molecule has 4 N–H and O–H groups in total. The van der Waals surface area contributed by atoms with E-state index in [0.717, 1.165) is 14.0 Å². The zero-order valence-corrected chi connectivity index (χ0v) is 12.9. The van der Waals surface area contributed by atoms with E-state index in [-0.39, 0.29) is 11.6 Å². The third-order valence-electron chi connectivity index (χ3n) is 3.32. The molecule has 0 aromatic heterocycles. The van der Waals surface area contributed by atoms with Crippen LogP contribution in [0.25, 0.3) is 0 Å². The number of alkyl halides is 3. The second-order valence-corrected chi connectivity index (χ2v) is 4.71. The number of hydrogen-bond donors (Lipinski definition) is 3. The van der Waals surface area contributed by atoms with E-state index in [1.807, 2.05) is 0 Å². The molecule has 1 rings (SSSR count). The van der Waals surface area contributed by atoms with Crippen LogP contribution in [-0.2, 0) is 19.1 Å². The van der Waals surface area contributed by atoms with Gasteiger partial charge < -0.3 is 20.3 Å². The van der Waals surface area contributed by atoms with E-state index in [1.54, 1.807) is 5.43 Å². The Kier molecular flexibility index (Phi) is 5.33. The Labute approximate surface area is 134 Å². The van der Waals surface area contributed by atoms with E-state index in [4.69, 9.17) is 5.73 Å². The molecule has 24 heavy (non-hydrogen) atoms. The summed E-state index contributed by atoms with van der Waals surface area (Å²) in [6, 6.07) is -1.45. The number of rotatable bonds is 4. The standard InChI is InChI=1S/C12H16F3N3O6/c1-4-24-9(20)7-6(8(19)23-3)5(2)18(17-10(16)21)11(7,22)12(13,14)15/h7,22H,4H2,1-3H3,(H3,16,17,21). The van der Waals surface area contributed by atoms with Gasteiger partial charge in [0.05, 0.1) is 19.3 Å². The third kappa shape index (κ3) is 2.96. The molecule has 0 bridgehead atoms. The van der Waals surface area contributed by atoms with Gasteiger partial charge in [0, 0.05) is 5.70 Å². The SMILES string of the molecule is CCOC(=O)C1C(C(=O)OC)=C(C)N(NC(N)=O)C1(O)C(F)(F)F. The molecule has 0 aliphatic carbocycles. The highest BCUT2D eigenvalue weighted by molar-refractivity contribution is 5.98. The Morgan fingerprint density at radius 2 is 1.96 bits per heavy atom. The molecule has 0 radical (unpaired) electrons. The van der Waals surface area contributed by atoms with E-state index in [0.29, 0.717) is 0 Å². The first-order valence-electron chi connectivity index (χ1n) is 6.54. The Hall–Kier alpha value is -2.50. The molecule has 1 aliphatic heterocycles. The Bertz CT molecular complexity index is 591. The van der Waals surface area contributed by atoms with E-state index in [9.17, 15) is 32.7 Å². The van der Waals surface area contributed by atoms with Gasteiger partial charge in [-0.05, 0) is 13.8 Å². The van der Waals surface area contributed by atoms with Crippen LogP contribution in [-0.4, -0.2) is 53.7 Å². The average Bonchev–Trinajstić information content (AvgIpc) is 2.68. The maximum atomic E-state index is 13.5. The van der Waals surface area contributed by atoms with E-state index in [2.05, 4.69) is 9.47 Å². The lowest BCUT2D eigenvalue weighted by Crippen LogP contribution is -2.66. The molecule has 0 aromatic rings. The number of esters is 2. The molecule has 136 valence electrons. The van der Waals surface area contributed by atoms with Crippen LogP contribution in [0.5, 0.6) is 0 Å². The smallest absolute Gasteiger partial charge is 0.439 e. The number of ether oxygens (including phenoxy) is 2. The fourth-order valence-corrected chi connectivity index (χ4v) is 2.37. The van der Waals surface area contributed by atoms with Gasteiger partial charge in [0.15, 0.2) is 0 Å². The van der Waals surface area contributed by atoms with Crippen LogP contribution in [0, 0.1) is 5.92 Å². The number of carbonyl (C=O) groups is 3. The quantitative estimate of drug-likeness (QED) is 0.593. The summed E-state index contributed by atoms with van der Waals surface area (Å²) >= 11 is 0. The van der Waals surface area contributed by atoms with Crippen LogP contribution in [0.2, 0.25) is 0 Å². The van der Waals surface area contributed by atoms with Crippen molar-refractivity contribution in [2.75, 3.05) is 13.7 Å². The summed E-state index contributed by atoms with van der Waals surface area (Å²) < 4.78 is 49.5. The summed E-state index contributed by atoms with van der Waals surface area (Å²) in [7, 11) is 0.877. The van der Waals surface area contributed by atoms with Gasteiger partial charge in [0.25, 0.3) is 5.72 Å².